The number of aromatic nitrogens is 1. The Hall–Kier alpha value is -1.78. The summed E-state index contributed by atoms with van der Waals surface area (Å²) >= 11 is 0. The first-order chi connectivity index (χ1) is 6.87. The predicted molar refractivity (Wildman–Crippen MR) is 56.6 cm³/mol. The van der Waals surface area contributed by atoms with Gasteiger partial charge in [-0.1, -0.05) is 4.68 Å². The van der Waals surface area contributed by atoms with Gasteiger partial charge in [-0.3, -0.25) is 5.32 Å². The van der Waals surface area contributed by atoms with Crippen molar-refractivity contribution < 1.29 is 14.2 Å². The molecule has 15 heavy (non-hydrogen) atoms. The zero-order chi connectivity index (χ0) is 11.5. The first-order valence-corrected chi connectivity index (χ1v) is 4.63. The maximum absolute atomic E-state index is 11.4. The lowest BCUT2D eigenvalue weighted by Crippen LogP contribution is -2.43. The molecule has 0 fully saturated rings. The van der Waals surface area contributed by atoms with Crippen LogP contribution in [0.1, 0.15) is 20.8 Å². The molecule has 5 nitrogen and oxygen atoms in total. The molecule has 0 atom stereocenters. The molecule has 82 valence electrons. The summed E-state index contributed by atoms with van der Waals surface area (Å²) in [7, 11) is 0. The molecule has 0 saturated carbocycles. The largest absolute Gasteiger partial charge is 0.444 e. The van der Waals surface area contributed by atoms with Crippen LogP contribution in [-0.4, -0.2) is 11.7 Å². The molecule has 0 aromatic carbocycles. The number of hydrogen-bond donors (Lipinski definition) is 2. The molecule has 1 heterocycles. The van der Waals surface area contributed by atoms with Gasteiger partial charge in [0.05, 0.1) is 0 Å². The molecule has 1 rings (SSSR count). The van der Waals surface area contributed by atoms with Crippen molar-refractivity contribution in [3.8, 4) is 0 Å². The van der Waals surface area contributed by atoms with Crippen LogP contribution >= 0.6 is 0 Å². The number of nitrogen functional groups attached to an aromatic ring is 1. The average molecular weight is 210 g/mol. The first kappa shape index (κ1) is 11.3. The lowest BCUT2D eigenvalue weighted by molar-refractivity contribution is -0.638. The number of hydrogen-bond acceptors (Lipinski definition) is 3. The van der Waals surface area contributed by atoms with E-state index in [0.29, 0.717) is 5.69 Å². The van der Waals surface area contributed by atoms with E-state index in [-0.39, 0.29) is 0 Å². The van der Waals surface area contributed by atoms with Crippen molar-refractivity contribution in [3.63, 3.8) is 0 Å². The molecule has 0 bridgehead atoms. The monoisotopic (exact) mass is 210 g/mol. The van der Waals surface area contributed by atoms with Crippen LogP contribution in [-0.2, 0) is 4.74 Å². The van der Waals surface area contributed by atoms with Crippen LogP contribution < -0.4 is 15.8 Å². The third-order valence-electron chi connectivity index (χ3n) is 1.47. The highest BCUT2D eigenvalue weighted by Gasteiger charge is 2.16. The number of nitrogens with zero attached hydrogens (tertiary/aromatic N) is 1. The number of nitrogens with two attached hydrogens (primary N) is 1. The Kier molecular flexibility index (Phi) is 3.14. The Morgan fingerprint density at radius 2 is 2.20 bits per heavy atom. The Morgan fingerprint density at radius 3 is 2.73 bits per heavy atom. The van der Waals surface area contributed by atoms with Crippen molar-refractivity contribution in [2.24, 2.45) is 0 Å². The van der Waals surface area contributed by atoms with Gasteiger partial charge < -0.3 is 4.74 Å². The van der Waals surface area contributed by atoms with Crippen LogP contribution in [0.5, 0.6) is 0 Å². The molecular weight excluding hydrogens is 194 g/mol. The SMILES string of the molecule is CC(C)(C)OC(=O)Nc1ccc[n+](N)c1. The van der Waals surface area contributed by atoms with Gasteiger partial charge in [0.25, 0.3) is 0 Å². The molecule has 0 radical (unpaired) electrons. The second-order valence-electron chi connectivity index (χ2n) is 4.17. The van der Waals surface area contributed by atoms with Gasteiger partial charge in [0.2, 0.25) is 6.20 Å². The molecule has 1 aromatic heterocycles. The summed E-state index contributed by atoms with van der Waals surface area (Å²) < 4.78 is 6.44. The smallest absolute Gasteiger partial charge is 0.412 e. The van der Waals surface area contributed by atoms with E-state index in [1.807, 2.05) is 0 Å². The number of ether oxygens (including phenoxy) is 1. The summed E-state index contributed by atoms with van der Waals surface area (Å²) in [4.78, 5) is 11.4. The highest BCUT2D eigenvalue weighted by atomic mass is 16.6. The van der Waals surface area contributed by atoms with Crippen LogP contribution in [0, 0.1) is 0 Å². The Morgan fingerprint density at radius 1 is 1.53 bits per heavy atom. The number of carbonyl (C=O) groups is 1. The first-order valence-electron chi connectivity index (χ1n) is 4.63. The highest BCUT2D eigenvalue weighted by Crippen LogP contribution is 2.09. The summed E-state index contributed by atoms with van der Waals surface area (Å²) in [6.45, 7) is 5.42. The second kappa shape index (κ2) is 4.16. The van der Waals surface area contributed by atoms with E-state index in [4.69, 9.17) is 10.6 Å². The fourth-order valence-electron chi connectivity index (χ4n) is 0.988. The van der Waals surface area contributed by atoms with Gasteiger partial charge in [0.15, 0.2) is 6.20 Å². The number of anilines is 1. The zero-order valence-corrected chi connectivity index (χ0v) is 9.15. The molecule has 0 saturated heterocycles. The molecule has 0 aliphatic heterocycles. The van der Waals surface area contributed by atoms with E-state index in [9.17, 15) is 4.79 Å². The van der Waals surface area contributed by atoms with Crippen LogP contribution in [0.15, 0.2) is 24.5 Å². The van der Waals surface area contributed by atoms with Crippen LogP contribution in [0.3, 0.4) is 0 Å². The quantitative estimate of drug-likeness (QED) is 0.537. The fourth-order valence-corrected chi connectivity index (χ4v) is 0.988. The van der Waals surface area contributed by atoms with Crippen molar-refractivity contribution in [1.82, 2.24) is 0 Å². The summed E-state index contributed by atoms with van der Waals surface area (Å²) in [5, 5.41) is 2.58. The number of amides is 1. The lowest BCUT2D eigenvalue weighted by Gasteiger charge is -2.19. The molecule has 1 amide bonds. The summed E-state index contributed by atoms with van der Waals surface area (Å²) in [5.41, 5.74) is 0.0895. The fraction of sp³-hybridized carbons (Fsp3) is 0.400. The van der Waals surface area contributed by atoms with Crippen molar-refractivity contribution >= 4 is 11.8 Å². The van der Waals surface area contributed by atoms with Crippen molar-refractivity contribution in [2.45, 2.75) is 26.4 Å². The number of nitrogens with one attached hydrogen (secondary N) is 1. The summed E-state index contributed by atoms with van der Waals surface area (Å²) in [5.74, 6) is 5.49. The Labute approximate surface area is 88.8 Å². The standard InChI is InChI=1S/C10H15N3O2/c1-10(2,3)15-9(14)12-8-5-4-6-13(11)7-8/h4-7H,11H2,1-3H3/p+1. The topological polar surface area (TPSA) is 68.2 Å². The van der Waals surface area contributed by atoms with E-state index in [0.717, 1.165) is 0 Å². The minimum absolute atomic E-state index is 0.492. The van der Waals surface area contributed by atoms with E-state index < -0.39 is 11.7 Å². The maximum Gasteiger partial charge on any atom is 0.412 e. The van der Waals surface area contributed by atoms with E-state index in [2.05, 4.69) is 5.32 Å². The summed E-state index contributed by atoms with van der Waals surface area (Å²) in [6, 6.07) is 3.46. The van der Waals surface area contributed by atoms with Crippen molar-refractivity contribution in [3.05, 3.63) is 24.5 Å². The minimum atomic E-state index is -0.502. The molecule has 0 aliphatic carbocycles. The van der Waals surface area contributed by atoms with E-state index in [1.54, 1.807) is 45.3 Å². The Bertz CT molecular complexity index is 358. The van der Waals surface area contributed by atoms with Crippen molar-refractivity contribution in [2.75, 3.05) is 11.2 Å². The van der Waals surface area contributed by atoms with E-state index >= 15 is 0 Å². The van der Waals surface area contributed by atoms with E-state index in [1.165, 1.54) is 4.68 Å². The summed E-state index contributed by atoms with van der Waals surface area (Å²) in [6.07, 6.45) is 2.76. The molecular formula is C10H16N3O2+. The van der Waals surface area contributed by atoms with Gasteiger partial charge in [0, 0.05) is 6.07 Å². The number of pyridine rings is 1. The molecule has 0 aliphatic rings. The van der Waals surface area contributed by atoms with Gasteiger partial charge in [-0.05, 0) is 26.8 Å². The normalized spacial score (nSPS) is 10.9. The minimum Gasteiger partial charge on any atom is -0.444 e. The van der Waals surface area contributed by atoms with Gasteiger partial charge in [-0.2, -0.15) is 0 Å². The third-order valence-corrected chi connectivity index (χ3v) is 1.47. The second-order valence-corrected chi connectivity index (χ2v) is 4.17. The predicted octanol–water partition coefficient (Wildman–Crippen LogP) is 1.03. The lowest BCUT2D eigenvalue weighted by atomic mass is 10.2. The van der Waals surface area contributed by atoms with Crippen LogP contribution in [0.2, 0.25) is 0 Å². The Balaban J connectivity index is 2.59. The number of carbonyl (C=O) groups excluding carboxylic acids is 1. The molecule has 5 heteroatoms. The van der Waals surface area contributed by atoms with Gasteiger partial charge in [0.1, 0.15) is 11.3 Å². The molecule has 3 N–H and O–H groups in total. The zero-order valence-electron chi connectivity index (χ0n) is 9.15. The van der Waals surface area contributed by atoms with Crippen molar-refractivity contribution in [1.29, 1.82) is 0 Å². The highest BCUT2D eigenvalue weighted by molar-refractivity contribution is 5.84. The molecule has 0 unspecified atom stereocenters. The average Bonchev–Trinajstić information content (AvgIpc) is 1.99. The molecule has 0 spiro atoms. The van der Waals surface area contributed by atoms with Gasteiger partial charge in [-0.25, -0.2) is 10.6 Å². The number of rotatable bonds is 1. The maximum atomic E-state index is 11.4. The van der Waals surface area contributed by atoms with Gasteiger partial charge in [-0.15, -0.1) is 0 Å². The van der Waals surface area contributed by atoms with Gasteiger partial charge >= 0.3 is 6.09 Å². The van der Waals surface area contributed by atoms with Crippen LogP contribution in [0.4, 0.5) is 10.5 Å². The van der Waals surface area contributed by atoms with Crippen LogP contribution in [0.25, 0.3) is 0 Å². The third kappa shape index (κ3) is 4.30. The molecule has 1 aromatic rings.